The number of halogens is 2. The van der Waals surface area contributed by atoms with Crippen LogP contribution >= 0.6 is 11.8 Å². The topological polar surface area (TPSA) is 67.9 Å². The van der Waals surface area contributed by atoms with Crippen LogP contribution in [0.3, 0.4) is 0 Å². The van der Waals surface area contributed by atoms with Gasteiger partial charge < -0.3 is 10.5 Å². The molecule has 0 saturated carbocycles. The molecule has 1 amide bonds. The molecule has 2 aliphatic heterocycles. The van der Waals surface area contributed by atoms with E-state index in [0.29, 0.717) is 31.7 Å². The van der Waals surface area contributed by atoms with Gasteiger partial charge in [-0.25, -0.2) is 13.8 Å². The molecule has 2 heterocycles. The normalized spacial score (nSPS) is 20.4. The van der Waals surface area contributed by atoms with Crippen LogP contribution in [-0.2, 0) is 9.67 Å². The maximum Gasteiger partial charge on any atom is 0.244 e. The number of hydrogen-bond acceptors (Lipinski definition) is 5. The molecule has 152 valence electrons. The first-order chi connectivity index (χ1) is 14.0. The average Bonchev–Trinajstić information content (AvgIpc) is 3.10. The van der Waals surface area contributed by atoms with E-state index in [0.717, 1.165) is 30.2 Å². The van der Waals surface area contributed by atoms with Crippen molar-refractivity contribution in [3.63, 3.8) is 0 Å². The number of para-hydroxylation sites is 1. The number of hydrogen-bond donors (Lipinski definition) is 1. The lowest BCUT2D eigenvalue weighted by molar-refractivity contribution is -0.135. The summed E-state index contributed by atoms with van der Waals surface area (Å²) < 4.78 is 34.0. The third kappa shape index (κ3) is 3.62. The number of ether oxygens (including phenoxy) is 1. The molecule has 1 atom stereocenters. The van der Waals surface area contributed by atoms with Gasteiger partial charge in [0.05, 0.1) is 6.61 Å². The van der Waals surface area contributed by atoms with Gasteiger partial charge in [-0.05, 0) is 43.7 Å². The Hall–Kier alpha value is -2.45. The number of benzene rings is 2. The maximum atomic E-state index is 14.4. The van der Waals surface area contributed by atoms with Gasteiger partial charge in [0.15, 0.2) is 0 Å². The Morgan fingerprint density at radius 1 is 1.24 bits per heavy atom. The highest BCUT2D eigenvalue weighted by atomic mass is 32.2. The minimum absolute atomic E-state index is 0.0515. The molecule has 4 rings (SSSR count). The van der Waals surface area contributed by atoms with Gasteiger partial charge in [-0.1, -0.05) is 30.0 Å². The molecule has 29 heavy (non-hydrogen) atoms. The summed E-state index contributed by atoms with van der Waals surface area (Å²) in [6.45, 7) is 0.901. The van der Waals surface area contributed by atoms with E-state index in [2.05, 4.69) is 5.10 Å². The van der Waals surface area contributed by atoms with Crippen molar-refractivity contribution in [1.29, 1.82) is 0 Å². The highest BCUT2D eigenvalue weighted by Crippen LogP contribution is 2.54. The number of thioether (sulfide) groups is 1. The zero-order valence-electron chi connectivity index (χ0n) is 15.7. The van der Waals surface area contributed by atoms with Crippen LogP contribution in [-0.4, -0.2) is 29.1 Å². The molecule has 2 N–H and O–H groups in total. The third-order valence-corrected chi connectivity index (χ3v) is 6.47. The molecular weight excluding hydrogens is 396 g/mol. The Morgan fingerprint density at radius 2 is 2.07 bits per heavy atom. The second kappa shape index (κ2) is 8.12. The number of nitrogens with zero attached hydrogens (tertiary/aromatic N) is 2. The lowest BCUT2D eigenvalue weighted by Crippen LogP contribution is -2.44. The minimum atomic E-state index is -0.845. The van der Waals surface area contributed by atoms with E-state index in [1.165, 1.54) is 16.8 Å². The maximum absolute atomic E-state index is 14.4. The van der Waals surface area contributed by atoms with E-state index in [9.17, 15) is 13.6 Å². The second-order valence-electron chi connectivity index (χ2n) is 6.96. The zero-order valence-corrected chi connectivity index (χ0v) is 16.6. The molecule has 1 unspecified atom stereocenters. The van der Waals surface area contributed by atoms with E-state index in [1.807, 2.05) is 24.3 Å². The Labute approximate surface area is 171 Å². The first-order valence-corrected chi connectivity index (χ1v) is 10.4. The fourth-order valence-corrected chi connectivity index (χ4v) is 5.03. The number of carbonyl (C=O) groups is 1. The number of rotatable bonds is 5. The average molecular weight is 417 g/mol. The lowest BCUT2D eigenvalue weighted by Gasteiger charge is -2.39. The first kappa shape index (κ1) is 19.8. The van der Waals surface area contributed by atoms with Gasteiger partial charge in [0, 0.05) is 24.0 Å². The van der Waals surface area contributed by atoms with Crippen LogP contribution in [0.1, 0.15) is 36.8 Å². The number of carbonyl (C=O) groups excluding carboxylic acids is 1. The first-order valence-electron chi connectivity index (χ1n) is 9.53. The predicted molar refractivity (Wildman–Crippen MR) is 108 cm³/mol. The Bertz CT molecular complexity index is 969. The number of nitrogens with two attached hydrogens (primary N) is 1. The van der Waals surface area contributed by atoms with E-state index >= 15 is 0 Å². The molecule has 0 bridgehead atoms. The molecule has 0 radical (unpaired) electrons. The molecule has 0 saturated heterocycles. The number of hydrazone groups is 1. The number of amides is 1. The van der Waals surface area contributed by atoms with E-state index in [1.54, 1.807) is 0 Å². The summed E-state index contributed by atoms with van der Waals surface area (Å²) in [5, 5.41) is 6.21. The molecule has 0 aliphatic carbocycles. The molecule has 1 spiro atoms. The molecule has 5 nitrogen and oxygen atoms in total. The van der Waals surface area contributed by atoms with Gasteiger partial charge in [0.2, 0.25) is 5.91 Å². The quantitative estimate of drug-likeness (QED) is 0.748. The largest absolute Gasteiger partial charge is 0.493 e. The van der Waals surface area contributed by atoms with Crippen molar-refractivity contribution in [2.45, 2.75) is 30.6 Å². The van der Waals surface area contributed by atoms with Gasteiger partial charge in [-0.3, -0.25) is 4.79 Å². The van der Waals surface area contributed by atoms with Crippen LogP contribution in [0.15, 0.2) is 47.6 Å². The fourth-order valence-electron chi connectivity index (χ4n) is 3.62. The van der Waals surface area contributed by atoms with Crippen molar-refractivity contribution in [2.75, 3.05) is 13.2 Å². The summed E-state index contributed by atoms with van der Waals surface area (Å²) in [6, 6.07) is 10.7. The summed E-state index contributed by atoms with van der Waals surface area (Å²) in [6.07, 6.45) is 2.14. The van der Waals surface area contributed by atoms with Crippen molar-refractivity contribution in [3.05, 3.63) is 65.2 Å². The molecule has 2 aliphatic rings. The third-order valence-electron chi connectivity index (χ3n) is 5.04. The monoisotopic (exact) mass is 417 g/mol. The summed E-state index contributed by atoms with van der Waals surface area (Å²) >= 11 is 1.27. The van der Waals surface area contributed by atoms with E-state index in [4.69, 9.17) is 10.5 Å². The van der Waals surface area contributed by atoms with Crippen LogP contribution in [0.4, 0.5) is 8.78 Å². The van der Waals surface area contributed by atoms with Crippen LogP contribution in [0.2, 0.25) is 0 Å². The van der Waals surface area contributed by atoms with E-state index < -0.39 is 16.5 Å². The minimum Gasteiger partial charge on any atom is -0.493 e. The van der Waals surface area contributed by atoms with Gasteiger partial charge in [0.1, 0.15) is 27.3 Å². The predicted octanol–water partition coefficient (Wildman–Crippen LogP) is 3.97. The second-order valence-corrected chi connectivity index (χ2v) is 8.23. The Morgan fingerprint density at radius 3 is 2.90 bits per heavy atom. The van der Waals surface area contributed by atoms with Crippen LogP contribution < -0.4 is 10.5 Å². The van der Waals surface area contributed by atoms with Crippen LogP contribution in [0.25, 0.3) is 0 Å². The number of fused-ring (bicyclic) bond motifs is 2. The fraction of sp³-hybridized carbons (Fsp3) is 0.333. The molecule has 2 aromatic rings. The van der Waals surface area contributed by atoms with Crippen molar-refractivity contribution < 1.29 is 18.3 Å². The van der Waals surface area contributed by atoms with Gasteiger partial charge in [-0.2, -0.15) is 5.10 Å². The van der Waals surface area contributed by atoms with Crippen LogP contribution in [0, 0.1) is 11.6 Å². The molecule has 8 heteroatoms. The lowest BCUT2D eigenvalue weighted by atomic mass is 9.98. The van der Waals surface area contributed by atoms with Crippen molar-refractivity contribution in [3.8, 4) is 5.75 Å². The summed E-state index contributed by atoms with van der Waals surface area (Å²) in [5.41, 5.74) is 6.40. The Balaban J connectivity index is 1.77. The molecule has 2 aromatic carbocycles. The van der Waals surface area contributed by atoms with Gasteiger partial charge in [0.25, 0.3) is 0 Å². The highest BCUT2D eigenvalue weighted by molar-refractivity contribution is 8.15. The zero-order chi connectivity index (χ0) is 20.4. The van der Waals surface area contributed by atoms with E-state index in [-0.39, 0.29) is 22.9 Å². The van der Waals surface area contributed by atoms with Crippen molar-refractivity contribution in [2.24, 2.45) is 10.8 Å². The highest BCUT2D eigenvalue weighted by Gasteiger charge is 2.51. The van der Waals surface area contributed by atoms with Gasteiger partial charge in [-0.15, -0.1) is 0 Å². The van der Waals surface area contributed by atoms with Crippen molar-refractivity contribution >= 4 is 22.7 Å². The standard InChI is InChI=1S/C21H21F2N3O2S/c22-14-8-9-17(23)15(13-14)20-25-26(19(27)7-3-4-11-24)21(29-20)10-12-28-18-6-2-1-5-16(18)21/h1-2,5-6,8-9,13H,3-4,7,10-12,24H2. The summed E-state index contributed by atoms with van der Waals surface area (Å²) in [7, 11) is 0. The van der Waals surface area contributed by atoms with Crippen molar-refractivity contribution in [1.82, 2.24) is 5.01 Å². The summed E-state index contributed by atoms with van der Waals surface area (Å²) in [4.78, 5) is 12.2. The number of unbranched alkanes of at least 4 members (excludes halogenated alkanes) is 1. The SMILES string of the molecule is NCCCCC(=O)N1N=C(c2cc(F)ccc2F)SC12CCOc1ccccc12. The molecule has 0 fully saturated rings. The molecular formula is C21H21F2N3O2S. The Kier molecular flexibility index (Phi) is 5.56. The summed E-state index contributed by atoms with van der Waals surface area (Å²) in [5.74, 6) is -0.638. The van der Waals surface area contributed by atoms with Gasteiger partial charge >= 0.3 is 0 Å². The van der Waals surface area contributed by atoms with Crippen LogP contribution in [0.5, 0.6) is 5.75 Å². The smallest absolute Gasteiger partial charge is 0.244 e. The molecule has 0 aromatic heterocycles.